The molecule has 162 valence electrons. The lowest BCUT2D eigenvalue weighted by Crippen LogP contribution is -2.55. The zero-order valence-corrected chi connectivity index (χ0v) is 19.6. The summed E-state index contributed by atoms with van der Waals surface area (Å²) in [4.78, 5) is 25.3. The van der Waals surface area contributed by atoms with Gasteiger partial charge in [-0.25, -0.2) is 4.98 Å². The Bertz CT molecular complexity index is 657. The number of amides is 1. The number of piperazine rings is 1. The first-order valence-electron chi connectivity index (χ1n) is 10.1. The van der Waals surface area contributed by atoms with Gasteiger partial charge in [-0.15, -0.1) is 24.0 Å². The van der Waals surface area contributed by atoms with Crippen LogP contribution >= 0.6 is 24.0 Å². The van der Waals surface area contributed by atoms with Gasteiger partial charge in [-0.1, -0.05) is 13.0 Å². The molecule has 1 unspecified atom stereocenters. The molecule has 1 amide bonds. The molecule has 0 saturated carbocycles. The summed E-state index contributed by atoms with van der Waals surface area (Å²) in [5.41, 5.74) is 1.07. The second-order valence-electron chi connectivity index (χ2n) is 7.07. The molecular weight excluding hydrogens is 485 g/mol. The van der Waals surface area contributed by atoms with Gasteiger partial charge in [-0.2, -0.15) is 0 Å². The van der Waals surface area contributed by atoms with E-state index in [1.807, 2.05) is 23.2 Å². The average Bonchev–Trinajstić information content (AvgIpc) is 3.28. The molecule has 0 aromatic carbocycles. The standard InChI is InChI=1S/C20H31N5O3.HI/c1-3-12-28-18-7-6-16(14-22-18)15-23-20(21-2)25-10-8-24(9-11-25)19(26)17-5-4-13-27-17;/h6-7,14,17H,3-5,8-13,15H2,1-2H3,(H,21,23);1H. The van der Waals surface area contributed by atoms with Gasteiger partial charge in [0.05, 0.1) is 6.61 Å². The first kappa shape index (κ1) is 23.7. The van der Waals surface area contributed by atoms with E-state index in [0.29, 0.717) is 38.7 Å². The fourth-order valence-electron chi connectivity index (χ4n) is 3.44. The topological polar surface area (TPSA) is 79.3 Å². The summed E-state index contributed by atoms with van der Waals surface area (Å²) in [6.07, 6.45) is 4.38. The SMILES string of the molecule is CCCOc1ccc(CNC(=NC)N2CCN(C(=O)C3CCCO3)CC2)cn1.I. The molecule has 2 fully saturated rings. The van der Waals surface area contributed by atoms with Crippen LogP contribution in [0.5, 0.6) is 5.88 Å². The van der Waals surface area contributed by atoms with Crippen LogP contribution in [0.4, 0.5) is 0 Å². The van der Waals surface area contributed by atoms with Crippen molar-refractivity contribution in [2.45, 2.75) is 38.8 Å². The molecule has 1 N–H and O–H groups in total. The minimum absolute atomic E-state index is 0. The number of aromatic nitrogens is 1. The van der Waals surface area contributed by atoms with Crippen LogP contribution < -0.4 is 10.1 Å². The van der Waals surface area contributed by atoms with Gasteiger partial charge in [-0.3, -0.25) is 9.79 Å². The largest absolute Gasteiger partial charge is 0.478 e. The van der Waals surface area contributed by atoms with Crippen LogP contribution in [-0.4, -0.2) is 79.2 Å². The molecular formula is C20H32IN5O3. The molecule has 1 atom stereocenters. The smallest absolute Gasteiger partial charge is 0.251 e. The summed E-state index contributed by atoms with van der Waals surface area (Å²) in [7, 11) is 1.78. The molecule has 2 aliphatic rings. The van der Waals surface area contributed by atoms with Crippen LogP contribution in [0.15, 0.2) is 23.3 Å². The van der Waals surface area contributed by atoms with Crippen molar-refractivity contribution in [3.8, 4) is 5.88 Å². The van der Waals surface area contributed by atoms with E-state index in [-0.39, 0.29) is 36.0 Å². The second kappa shape index (κ2) is 12.2. The second-order valence-corrected chi connectivity index (χ2v) is 7.07. The van der Waals surface area contributed by atoms with Gasteiger partial charge < -0.3 is 24.6 Å². The molecule has 8 nitrogen and oxygen atoms in total. The number of ether oxygens (including phenoxy) is 2. The molecule has 2 saturated heterocycles. The van der Waals surface area contributed by atoms with Crippen LogP contribution in [0.1, 0.15) is 31.7 Å². The highest BCUT2D eigenvalue weighted by atomic mass is 127. The van der Waals surface area contributed by atoms with Crippen LogP contribution in [-0.2, 0) is 16.1 Å². The summed E-state index contributed by atoms with van der Waals surface area (Å²) in [6, 6.07) is 3.90. The summed E-state index contributed by atoms with van der Waals surface area (Å²) < 4.78 is 11.0. The molecule has 0 radical (unpaired) electrons. The maximum Gasteiger partial charge on any atom is 0.251 e. The third-order valence-electron chi connectivity index (χ3n) is 5.01. The third kappa shape index (κ3) is 6.70. The predicted molar refractivity (Wildman–Crippen MR) is 123 cm³/mol. The fraction of sp³-hybridized carbons (Fsp3) is 0.650. The van der Waals surface area contributed by atoms with Gasteiger partial charge >= 0.3 is 0 Å². The predicted octanol–water partition coefficient (Wildman–Crippen LogP) is 1.89. The molecule has 0 bridgehead atoms. The molecule has 2 aliphatic heterocycles. The lowest BCUT2D eigenvalue weighted by molar-refractivity contribution is -0.142. The monoisotopic (exact) mass is 517 g/mol. The van der Waals surface area contributed by atoms with Gasteiger partial charge in [0.25, 0.3) is 5.91 Å². The molecule has 9 heteroatoms. The van der Waals surface area contributed by atoms with Crippen LogP contribution in [0.25, 0.3) is 0 Å². The minimum Gasteiger partial charge on any atom is -0.478 e. The van der Waals surface area contributed by atoms with Gasteiger partial charge in [-0.05, 0) is 24.8 Å². The summed E-state index contributed by atoms with van der Waals surface area (Å²) >= 11 is 0. The van der Waals surface area contributed by atoms with Crippen LogP contribution in [0, 0.1) is 0 Å². The van der Waals surface area contributed by atoms with E-state index in [4.69, 9.17) is 9.47 Å². The maximum atomic E-state index is 12.5. The van der Waals surface area contributed by atoms with Crippen LogP contribution in [0.2, 0.25) is 0 Å². The summed E-state index contributed by atoms with van der Waals surface area (Å²) in [5, 5.41) is 3.38. The Morgan fingerprint density at radius 2 is 2.07 bits per heavy atom. The quantitative estimate of drug-likeness (QED) is 0.353. The Morgan fingerprint density at radius 1 is 1.31 bits per heavy atom. The van der Waals surface area contributed by atoms with E-state index in [9.17, 15) is 4.79 Å². The molecule has 29 heavy (non-hydrogen) atoms. The molecule has 1 aromatic rings. The van der Waals surface area contributed by atoms with Crippen molar-refractivity contribution in [2.75, 3.05) is 46.4 Å². The highest BCUT2D eigenvalue weighted by Crippen LogP contribution is 2.16. The number of nitrogens with zero attached hydrogens (tertiary/aromatic N) is 4. The Morgan fingerprint density at radius 3 is 2.66 bits per heavy atom. The molecule has 0 spiro atoms. The highest BCUT2D eigenvalue weighted by Gasteiger charge is 2.30. The Kier molecular flexibility index (Phi) is 9.92. The lowest BCUT2D eigenvalue weighted by atomic mass is 10.2. The van der Waals surface area contributed by atoms with Crippen molar-refractivity contribution in [1.82, 2.24) is 20.1 Å². The third-order valence-corrected chi connectivity index (χ3v) is 5.01. The Hall–Kier alpha value is -1.62. The lowest BCUT2D eigenvalue weighted by Gasteiger charge is -2.37. The molecule has 3 rings (SSSR count). The number of pyridine rings is 1. The normalized spacial score (nSPS) is 19.7. The number of hydrogen-bond donors (Lipinski definition) is 1. The Labute approximate surface area is 190 Å². The minimum atomic E-state index is -0.235. The van der Waals surface area contributed by atoms with Crippen LogP contribution in [0.3, 0.4) is 0 Å². The summed E-state index contributed by atoms with van der Waals surface area (Å²) in [6.45, 7) is 7.02. The Balaban J connectivity index is 0.00000300. The molecule has 0 aliphatic carbocycles. The van der Waals surface area contributed by atoms with E-state index in [2.05, 4.69) is 27.1 Å². The number of hydrogen-bond acceptors (Lipinski definition) is 5. The zero-order valence-electron chi connectivity index (χ0n) is 17.3. The van der Waals surface area contributed by atoms with Crippen molar-refractivity contribution in [2.24, 2.45) is 4.99 Å². The fourth-order valence-corrected chi connectivity index (χ4v) is 3.44. The summed E-state index contributed by atoms with van der Waals surface area (Å²) in [5.74, 6) is 1.63. The number of carbonyl (C=O) groups excluding carboxylic acids is 1. The van der Waals surface area contributed by atoms with Crippen molar-refractivity contribution in [3.05, 3.63) is 23.9 Å². The number of guanidine groups is 1. The first-order chi connectivity index (χ1) is 13.7. The van der Waals surface area contributed by atoms with Crippen molar-refractivity contribution in [3.63, 3.8) is 0 Å². The number of halogens is 1. The maximum absolute atomic E-state index is 12.5. The van der Waals surface area contributed by atoms with Gasteiger partial charge in [0.1, 0.15) is 6.10 Å². The number of nitrogens with one attached hydrogen (secondary N) is 1. The van der Waals surface area contributed by atoms with Crippen molar-refractivity contribution in [1.29, 1.82) is 0 Å². The number of carbonyl (C=O) groups is 1. The van der Waals surface area contributed by atoms with Gasteiger partial charge in [0.2, 0.25) is 5.88 Å². The number of rotatable bonds is 6. The van der Waals surface area contributed by atoms with Gasteiger partial charge in [0.15, 0.2) is 5.96 Å². The van der Waals surface area contributed by atoms with E-state index in [1.165, 1.54) is 0 Å². The van der Waals surface area contributed by atoms with E-state index in [1.54, 1.807) is 7.05 Å². The average molecular weight is 517 g/mol. The van der Waals surface area contributed by atoms with Crippen molar-refractivity contribution >= 4 is 35.8 Å². The van der Waals surface area contributed by atoms with Gasteiger partial charge in [0, 0.05) is 58.6 Å². The first-order valence-corrected chi connectivity index (χ1v) is 10.1. The number of aliphatic imine (C=N–C) groups is 1. The van der Waals surface area contributed by atoms with E-state index in [0.717, 1.165) is 43.9 Å². The zero-order chi connectivity index (χ0) is 19.8. The highest BCUT2D eigenvalue weighted by molar-refractivity contribution is 14.0. The van der Waals surface area contributed by atoms with E-state index < -0.39 is 0 Å². The van der Waals surface area contributed by atoms with Crippen molar-refractivity contribution < 1.29 is 14.3 Å². The molecule has 1 aromatic heterocycles. The van der Waals surface area contributed by atoms with E-state index >= 15 is 0 Å². The molecule has 3 heterocycles.